The average Bonchev–Trinajstić information content (AvgIpc) is 2.45. The number of aliphatic imine (C=N–C) groups is 1. The Hall–Kier alpha value is -2.69. The second-order valence-corrected chi connectivity index (χ2v) is 5.28. The molecule has 1 heterocycles. The number of rotatable bonds is 2. The van der Waals surface area contributed by atoms with Gasteiger partial charge in [-0.2, -0.15) is 0 Å². The van der Waals surface area contributed by atoms with E-state index in [1.165, 1.54) is 6.07 Å². The topological polar surface area (TPSA) is 41.6 Å². The molecule has 0 bridgehead atoms. The van der Waals surface area contributed by atoms with Gasteiger partial charge in [0.25, 0.3) is 0 Å². The first-order valence-electron chi connectivity index (χ1n) is 6.80. The van der Waals surface area contributed by atoms with E-state index >= 15 is 0 Å². The lowest BCUT2D eigenvalue weighted by Gasteiger charge is -2.27. The molecule has 3 nitrogen and oxygen atoms in total. The standard InChI is InChI=1S/C17H15F2N3/c1-10-5-12(18)6-16(19)15(10)8-22-9-21-11(2)14-7-13(20)3-4-17(14)22/h3-7,9H,2,8,20H2,1H3. The number of halogens is 2. The molecule has 0 radical (unpaired) electrons. The average molecular weight is 299 g/mol. The smallest absolute Gasteiger partial charge is 0.131 e. The number of nitrogen functional groups attached to an aromatic ring is 1. The fraction of sp³-hybridized carbons (Fsp3) is 0.118. The molecule has 112 valence electrons. The number of anilines is 2. The molecule has 0 aliphatic carbocycles. The third-order valence-electron chi connectivity index (χ3n) is 3.71. The Balaban J connectivity index is 2.01. The molecule has 3 rings (SSSR count). The Labute approximate surface area is 127 Å². The van der Waals surface area contributed by atoms with Crippen LogP contribution in [0.15, 0.2) is 41.9 Å². The number of aryl methyl sites for hydroxylation is 1. The molecular weight excluding hydrogens is 284 g/mol. The van der Waals surface area contributed by atoms with Crippen LogP contribution in [0.1, 0.15) is 16.7 Å². The van der Waals surface area contributed by atoms with Crippen LogP contribution in [-0.2, 0) is 6.54 Å². The first-order chi connectivity index (χ1) is 10.5. The summed E-state index contributed by atoms with van der Waals surface area (Å²) < 4.78 is 27.3. The minimum atomic E-state index is -0.576. The van der Waals surface area contributed by atoms with Crippen molar-refractivity contribution in [2.45, 2.75) is 13.5 Å². The summed E-state index contributed by atoms with van der Waals surface area (Å²) in [5, 5.41) is 0. The van der Waals surface area contributed by atoms with Gasteiger partial charge >= 0.3 is 0 Å². The van der Waals surface area contributed by atoms with Gasteiger partial charge in [-0.25, -0.2) is 13.8 Å². The molecule has 0 atom stereocenters. The van der Waals surface area contributed by atoms with Crippen molar-refractivity contribution < 1.29 is 8.78 Å². The van der Waals surface area contributed by atoms with Gasteiger partial charge in [0.15, 0.2) is 0 Å². The maximum Gasteiger partial charge on any atom is 0.131 e. The van der Waals surface area contributed by atoms with Crippen LogP contribution in [0.4, 0.5) is 20.2 Å². The third-order valence-corrected chi connectivity index (χ3v) is 3.71. The van der Waals surface area contributed by atoms with Crippen molar-refractivity contribution >= 4 is 23.4 Å². The number of benzene rings is 2. The lowest BCUT2D eigenvalue weighted by molar-refractivity contribution is 0.570. The van der Waals surface area contributed by atoms with Crippen LogP contribution < -0.4 is 10.6 Å². The largest absolute Gasteiger partial charge is 0.399 e. The van der Waals surface area contributed by atoms with Crippen molar-refractivity contribution in [1.82, 2.24) is 0 Å². The van der Waals surface area contributed by atoms with Crippen LogP contribution in [0.2, 0.25) is 0 Å². The lowest BCUT2D eigenvalue weighted by atomic mass is 10.0. The highest BCUT2D eigenvalue weighted by Gasteiger charge is 2.19. The first kappa shape index (κ1) is 14.3. The molecule has 2 N–H and O–H groups in total. The van der Waals surface area contributed by atoms with Crippen molar-refractivity contribution in [1.29, 1.82) is 0 Å². The molecule has 0 fully saturated rings. The zero-order valence-corrected chi connectivity index (χ0v) is 12.1. The Morgan fingerprint density at radius 3 is 2.73 bits per heavy atom. The molecule has 0 spiro atoms. The van der Waals surface area contributed by atoms with Crippen molar-refractivity contribution in [3.8, 4) is 0 Å². The van der Waals surface area contributed by atoms with Crippen molar-refractivity contribution in [2.24, 2.45) is 4.99 Å². The summed E-state index contributed by atoms with van der Waals surface area (Å²) in [4.78, 5) is 6.02. The van der Waals surface area contributed by atoms with Gasteiger partial charge in [0.2, 0.25) is 0 Å². The molecule has 5 heteroatoms. The van der Waals surface area contributed by atoms with Crippen LogP contribution in [0, 0.1) is 18.6 Å². The molecule has 0 saturated heterocycles. The van der Waals surface area contributed by atoms with Gasteiger partial charge in [-0.1, -0.05) is 6.58 Å². The highest BCUT2D eigenvalue weighted by molar-refractivity contribution is 5.94. The molecule has 0 unspecified atom stereocenters. The summed E-state index contributed by atoms with van der Waals surface area (Å²) in [5.41, 5.74) is 9.66. The van der Waals surface area contributed by atoms with Crippen LogP contribution in [-0.4, -0.2) is 6.34 Å². The molecular formula is C17H15F2N3. The molecule has 2 aromatic carbocycles. The molecule has 1 aliphatic heterocycles. The number of fused-ring (bicyclic) bond motifs is 1. The van der Waals surface area contributed by atoms with Crippen LogP contribution in [0.25, 0.3) is 5.70 Å². The molecule has 2 aromatic rings. The summed E-state index contributed by atoms with van der Waals surface area (Å²) in [6.07, 6.45) is 1.60. The van der Waals surface area contributed by atoms with Gasteiger partial charge in [0.1, 0.15) is 11.6 Å². The minimum absolute atomic E-state index is 0.256. The normalized spacial score (nSPS) is 13.4. The Morgan fingerprint density at radius 1 is 1.23 bits per heavy atom. The molecule has 0 aromatic heterocycles. The SMILES string of the molecule is C=C1N=CN(Cc2c(C)cc(F)cc2F)c2ccc(N)cc21. The predicted molar refractivity (Wildman–Crippen MR) is 85.7 cm³/mol. The zero-order valence-electron chi connectivity index (χ0n) is 12.1. The summed E-state index contributed by atoms with van der Waals surface area (Å²) in [7, 11) is 0. The van der Waals surface area contributed by atoms with E-state index in [4.69, 9.17) is 5.73 Å². The van der Waals surface area contributed by atoms with E-state index in [1.807, 2.05) is 6.07 Å². The summed E-state index contributed by atoms with van der Waals surface area (Å²) in [6.45, 7) is 5.82. The molecule has 1 aliphatic rings. The van der Waals surface area contributed by atoms with Crippen LogP contribution in [0.5, 0.6) is 0 Å². The van der Waals surface area contributed by atoms with Gasteiger partial charge < -0.3 is 10.6 Å². The Kier molecular flexibility index (Phi) is 3.41. The lowest BCUT2D eigenvalue weighted by Crippen LogP contribution is -2.25. The fourth-order valence-electron chi connectivity index (χ4n) is 2.54. The molecule has 22 heavy (non-hydrogen) atoms. The van der Waals surface area contributed by atoms with E-state index in [1.54, 1.807) is 30.3 Å². The number of hydrogen-bond acceptors (Lipinski definition) is 3. The number of nitrogens with zero attached hydrogens (tertiary/aromatic N) is 2. The van der Waals surface area contributed by atoms with Gasteiger partial charge in [0.05, 0.1) is 24.3 Å². The van der Waals surface area contributed by atoms with Crippen LogP contribution >= 0.6 is 0 Å². The maximum atomic E-state index is 14.0. The molecule has 0 amide bonds. The van der Waals surface area contributed by atoms with E-state index in [2.05, 4.69) is 11.6 Å². The first-order valence-corrected chi connectivity index (χ1v) is 6.80. The number of hydrogen-bond donors (Lipinski definition) is 1. The van der Waals surface area contributed by atoms with Crippen molar-refractivity contribution in [3.05, 3.63) is 65.2 Å². The fourth-order valence-corrected chi connectivity index (χ4v) is 2.54. The highest BCUT2D eigenvalue weighted by Crippen LogP contribution is 2.33. The second-order valence-electron chi connectivity index (χ2n) is 5.28. The highest BCUT2D eigenvalue weighted by atomic mass is 19.1. The maximum absolute atomic E-state index is 14.0. The van der Waals surface area contributed by atoms with Gasteiger partial charge in [0, 0.05) is 22.9 Å². The minimum Gasteiger partial charge on any atom is -0.399 e. The van der Waals surface area contributed by atoms with Crippen molar-refractivity contribution in [3.63, 3.8) is 0 Å². The van der Waals surface area contributed by atoms with Gasteiger partial charge in [-0.15, -0.1) is 0 Å². The summed E-state index contributed by atoms with van der Waals surface area (Å²) in [6, 6.07) is 7.62. The second kappa shape index (κ2) is 5.26. The zero-order chi connectivity index (χ0) is 15.9. The third kappa shape index (κ3) is 2.45. The predicted octanol–water partition coefficient (Wildman–Crippen LogP) is 3.87. The number of nitrogens with two attached hydrogens (primary N) is 1. The van der Waals surface area contributed by atoms with E-state index in [9.17, 15) is 8.78 Å². The van der Waals surface area contributed by atoms with Crippen molar-refractivity contribution in [2.75, 3.05) is 10.6 Å². The van der Waals surface area contributed by atoms with Crippen LogP contribution in [0.3, 0.4) is 0 Å². The van der Waals surface area contributed by atoms with Gasteiger partial charge in [-0.3, -0.25) is 0 Å². The Morgan fingerprint density at radius 2 is 2.00 bits per heavy atom. The Bertz CT molecular complexity index is 773. The van der Waals surface area contributed by atoms with E-state index in [0.717, 1.165) is 17.3 Å². The quantitative estimate of drug-likeness (QED) is 0.855. The van der Waals surface area contributed by atoms with E-state index < -0.39 is 11.6 Å². The summed E-state index contributed by atoms with van der Waals surface area (Å²) in [5.74, 6) is -1.14. The van der Waals surface area contributed by atoms with Gasteiger partial charge in [-0.05, 0) is 36.8 Å². The van der Waals surface area contributed by atoms with E-state index in [0.29, 0.717) is 22.5 Å². The summed E-state index contributed by atoms with van der Waals surface area (Å²) >= 11 is 0. The van der Waals surface area contributed by atoms with E-state index in [-0.39, 0.29) is 6.54 Å². The monoisotopic (exact) mass is 299 g/mol. The molecule has 0 saturated carbocycles.